The summed E-state index contributed by atoms with van der Waals surface area (Å²) in [5, 5.41) is 0. The molecule has 0 saturated heterocycles. The molecule has 0 N–H and O–H groups in total. The van der Waals surface area contributed by atoms with Crippen molar-refractivity contribution in [2.75, 3.05) is 0 Å². The maximum Gasteiger partial charge on any atom is -0.0290 e. The molecule has 6 heavy (non-hydrogen) atoms. The van der Waals surface area contributed by atoms with Crippen molar-refractivity contribution in [3.05, 3.63) is 19.1 Å². The van der Waals surface area contributed by atoms with Gasteiger partial charge >= 0.3 is 0 Å². The zero-order valence-electron chi connectivity index (χ0n) is 4.44. The van der Waals surface area contributed by atoms with Crippen molar-refractivity contribution in [3.63, 3.8) is 0 Å². The molecule has 0 aliphatic heterocycles. The van der Waals surface area contributed by atoms with E-state index in [-0.39, 0.29) is 0 Å². The topological polar surface area (TPSA) is 0 Å². The molecule has 0 heteroatoms. The predicted molar refractivity (Wildman–Crippen MR) is 29.3 cm³/mol. The summed E-state index contributed by atoms with van der Waals surface area (Å²) in [6.07, 6.45) is 3.88. The zero-order valence-corrected chi connectivity index (χ0v) is 4.44. The molecule has 0 aromatic heterocycles. The Morgan fingerprint density at radius 2 is 2.00 bits per heavy atom. The highest BCUT2D eigenvalue weighted by Crippen LogP contribution is 1.90. The molecule has 0 saturated carbocycles. The smallest absolute Gasteiger partial charge is 0.0290 e. The van der Waals surface area contributed by atoms with Gasteiger partial charge in [0, 0.05) is 0 Å². The second-order valence-corrected chi connectivity index (χ2v) is 1.67. The maximum absolute atomic E-state index is 3.55. The maximum atomic E-state index is 3.55. The van der Waals surface area contributed by atoms with E-state index in [1.807, 2.05) is 6.08 Å². The molecule has 35 valence electrons. The molecule has 0 fully saturated rings. The Balaban J connectivity index is 3.03. The molecular weight excluding hydrogens is 72.1 g/mol. The van der Waals surface area contributed by atoms with Gasteiger partial charge in [0.25, 0.3) is 0 Å². The van der Waals surface area contributed by atoms with Gasteiger partial charge in [-0.15, -0.1) is 0 Å². The van der Waals surface area contributed by atoms with Crippen LogP contribution in [0.2, 0.25) is 0 Å². The van der Waals surface area contributed by atoms with Crippen LogP contribution in [0.25, 0.3) is 0 Å². The SMILES string of the molecule is [CH2]/C=C/C(C)C. The minimum absolute atomic E-state index is 0.655. The van der Waals surface area contributed by atoms with Crippen molar-refractivity contribution < 1.29 is 0 Å². The first-order chi connectivity index (χ1) is 2.77. The summed E-state index contributed by atoms with van der Waals surface area (Å²) in [5.74, 6) is 0.655. The number of rotatable bonds is 1. The second kappa shape index (κ2) is 2.95. The Morgan fingerprint density at radius 3 is 2.00 bits per heavy atom. The van der Waals surface area contributed by atoms with E-state index >= 15 is 0 Å². The van der Waals surface area contributed by atoms with Gasteiger partial charge in [-0.3, -0.25) is 0 Å². The van der Waals surface area contributed by atoms with Crippen molar-refractivity contribution >= 4 is 0 Å². The standard InChI is InChI=1S/C6H11/c1-4-5-6(2)3/h4-6H,1H2,2-3H3/b5-4+. The summed E-state index contributed by atoms with van der Waals surface area (Å²) in [5.41, 5.74) is 0. The van der Waals surface area contributed by atoms with Crippen LogP contribution < -0.4 is 0 Å². The summed E-state index contributed by atoms with van der Waals surface area (Å²) in [4.78, 5) is 0. The Kier molecular flexibility index (Phi) is 2.82. The first kappa shape index (κ1) is 5.74. The Morgan fingerprint density at radius 1 is 1.50 bits per heavy atom. The van der Waals surface area contributed by atoms with Crippen LogP contribution in [0.4, 0.5) is 0 Å². The van der Waals surface area contributed by atoms with Crippen molar-refractivity contribution in [1.82, 2.24) is 0 Å². The summed E-state index contributed by atoms with van der Waals surface area (Å²) in [6, 6.07) is 0. The first-order valence-corrected chi connectivity index (χ1v) is 2.23. The summed E-state index contributed by atoms with van der Waals surface area (Å²) in [6.45, 7) is 7.80. The summed E-state index contributed by atoms with van der Waals surface area (Å²) in [7, 11) is 0. The molecule has 1 radical (unpaired) electrons. The molecule has 0 heterocycles. The van der Waals surface area contributed by atoms with Crippen LogP contribution in [0.15, 0.2) is 12.2 Å². The van der Waals surface area contributed by atoms with E-state index in [0.717, 1.165) is 0 Å². The summed E-state index contributed by atoms with van der Waals surface area (Å²) >= 11 is 0. The van der Waals surface area contributed by atoms with Crippen LogP contribution in [0, 0.1) is 12.8 Å². The predicted octanol–water partition coefficient (Wildman–Crippen LogP) is 2.03. The van der Waals surface area contributed by atoms with Crippen LogP contribution in [0.5, 0.6) is 0 Å². The average Bonchev–Trinajstić information content (AvgIpc) is 1.35. The van der Waals surface area contributed by atoms with E-state index in [1.165, 1.54) is 0 Å². The number of allylic oxidation sites excluding steroid dienone is 2. The quantitative estimate of drug-likeness (QED) is 0.455. The van der Waals surface area contributed by atoms with Crippen LogP contribution in [0.3, 0.4) is 0 Å². The molecule has 0 atom stereocenters. The van der Waals surface area contributed by atoms with Crippen molar-refractivity contribution in [3.8, 4) is 0 Å². The lowest BCUT2D eigenvalue weighted by atomic mass is 10.2. The van der Waals surface area contributed by atoms with Crippen molar-refractivity contribution in [2.24, 2.45) is 5.92 Å². The fraction of sp³-hybridized carbons (Fsp3) is 0.500. The highest BCUT2D eigenvalue weighted by atomic mass is 13.8. The normalized spacial score (nSPS) is 11.3. The van der Waals surface area contributed by atoms with Gasteiger partial charge in [0.2, 0.25) is 0 Å². The summed E-state index contributed by atoms with van der Waals surface area (Å²) < 4.78 is 0. The molecule has 0 unspecified atom stereocenters. The van der Waals surface area contributed by atoms with Gasteiger partial charge in [0.15, 0.2) is 0 Å². The molecule has 0 aromatic carbocycles. The molecule has 0 aromatic rings. The fourth-order valence-electron chi connectivity index (χ4n) is 0.272. The highest BCUT2D eigenvalue weighted by molar-refractivity contribution is 4.85. The molecule has 0 aliphatic rings. The Bertz CT molecular complexity index is 42.0. The lowest BCUT2D eigenvalue weighted by molar-refractivity contribution is 0.832. The zero-order chi connectivity index (χ0) is 4.99. The lowest BCUT2D eigenvalue weighted by Crippen LogP contribution is -1.73. The van der Waals surface area contributed by atoms with Crippen LogP contribution >= 0.6 is 0 Å². The average molecular weight is 83.2 g/mol. The molecule has 0 spiro atoms. The molecule has 0 rings (SSSR count). The van der Waals surface area contributed by atoms with Gasteiger partial charge in [-0.2, -0.15) is 0 Å². The van der Waals surface area contributed by atoms with Crippen LogP contribution in [-0.2, 0) is 0 Å². The molecule has 0 nitrogen and oxygen atoms in total. The van der Waals surface area contributed by atoms with Gasteiger partial charge in [-0.25, -0.2) is 0 Å². The van der Waals surface area contributed by atoms with Crippen LogP contribution in [0.1, 0.15) is 13.8 Å². The first-order valence-electron chi connectivity index (χ1n) is 2.23. The number of hydrogen-bond donors (Lipinski definition) is 0. The van der Waals surface area contributed by atoms with Gasteiger partial charge in [0.05, 0.1) is 0 Å². The largest absolute Gasteiger partial charge is 0.0880 e. The monoisotopic (exact) mass is 83.1 g/mol. The molecular formula is C6H11. The fourth-order valence-corrected chi connectivity index (χ4v) is 0.272. The molecule has 0 bridgehead atoms. The van der Waals surface area contributed by atoms with Crippen LogP contribution in [-0.4, -0.2) is 0 Å². The van der Waals surface area contributed by atoms with Gasteiger partial charge in [-0.05, 0) is 12.8 Å². The minimum Gasteiger partial charge on any atom is -0.0880 e. The lowest BCUT2D eigenvalue weighted by Gasteiger charge is -1.86. The van der Waals surface area contributed by atoms with Gasteiger partial charge < -0.3 is 0 Å². The third kappa shape index (κ3) is 3.74. The molecule has 0 aliphatic carbocycles. The van der Waals surface area contributed by atoms with Crippen molar-refractivity contribution in [1.29, 1.82) is 0 Å². The Labute approximate surface area is 39.9 Å². The third-order valence-corrected chi connectivity index (χ3v) is 0.521. The van der Waals surface area contributed by atoms with E-state index in [4.69, 9.17) is 0 Å². The van der Waals surface area contributed by atoms with E-state index < -0.39 is 0 Å². The van der Waals surface area contributed by atoms with E-state index in [0.29, 0.717) is 5.92 Å². The Hall–Kier alpha value is -0.260. The highest BCUT2D eigenvalue weighted by Gasteiger charge is 1.76. The van der Waals surface area contributed by atoms with E-state index in [9.17, 15) is 0 Å². The number of hydrogen-bond acceptors (Lipinski definition) is 0. The third-order valence-electron chi connectivity index (χ3n) is 0.521. The molecule has 0 amide bonds. The van der Waals surface area contributed by atoms with E-state index in [1.54, 1.807) is 0 Å². The van der Waals surface area contributed by atoms with E-state index in [2.05, 4.69) is 26.8 Å². The van der Waals surface area contributed by atoms with Gasteiger partial charge in [-0.1, -0.05) is 26.0 Å². The minimum atomic E-state index is 0.655. The van der Waals surface area contributed by atoms with Gasteiger partial charge in [0.1, 0.15) is 0 Å². The second-order valence-electron chi connectivity index (χ2n) is 1.67. The van der Waals surface area contributed by atoms with Crippen molar-refractivity contribution in [2.45, 2.75) is 13.8 Å².